The summed E-state index contributed by atoms with van der Waals surface area (Å²) in [5, 5.41) is 2.46. The van der Waals surface area contributed by atoms with Gasteiger partial charge in [0.15, 0.2) is 11.6 Å². The normalized spacial score (nSPS) is 16.2. The number of halogens is 1. The maximum Gasteiger partial charge on any atom is 0.322 e. The monoisotopic (exact) mass is 325 g/mol. The Morgan fingerprint density at radius 1 is 1.48 bits per heavy atom. The summed E-state index contributed by atoms with van der Waals surface area (Å²) in [5.41, 5.74) is -0.0896. The zero-order valence-corrected chi connectivity index (χ0v) is 13.9. The molecule has 0 unspecified atom stereocenters. The van der Waals surface area contributed by atoms with Crippen molar-refractivity contribution in [2.75, 3.05) is 51.8 Å². The minimum absolute atomic E-state index is 0.0896. The van der Waals surface area contributed by atoms with Crippen LogP contribution < -0.4 is 5.32 Å². The molecule has 1 aromatic heterocycles. The van der Waals surface area contributed by atoms with Gasteiger partial charge in [0.1, 0.15) is 6.33 Å². The molecule has 1 N–H and O–H groups in total. The maximum atomic E-state index is 13.5. The van der Waals surface area contributed by atoms with Crippen molar-refractivity contribution in [2.45, 2.75) is 13.8 Å². The summed E-state index contributed by atoms with van der Waals surface area (Å²) < 4.78 is 18.8. The number of carbonyl (C=O) groups excluding carboxylic acids is 1. The molecular weight excluding hydrogens is 301 g/mol. The van der Waals surface area contributed by atoms with E-state index >= 15 is 0 Å². The predicted octanol–water partition coefficient (Wildman–Crippen LogP) is 1.44. The summed E-state index contributed by atoms with van der Waals surface area (Å²) in [6, 6.07) is -0.391. The van der Waals surface area contributed by atoms with Gasteiger partial charge in [0.05, 0.1) is 19.4 Å². The van der Waals surface area contributed by atoms with Crippen molar-refractivity contribution in [1.29, 1.82) is 0 Å². The average Bonchev–Trinajstić information content (AvgIpc) is 2.49. The molecule has 0 radical (unpaired) electrons. The lowest BCUT2D eigenvalue weighted by Gasteiger charge is -2.37. The number of ether oxygens (including phenoxy) is 1. The molecular formula is C15H24FN5O2. The number of nitrogens with zero attached hydrogens (tertiary/aromatic N) is 4. The van der Waals surface area contributed by atoms with Crippen molar-refractivity contribution >= 4 is 11.8 Å². The van der Waals surface area contributed by atoms with Gasteiger partial charge in [-0.1, -0.05) is 13.8 Å². The minimum Gasteiger partial charge on any atom is -0.379 e. The molecule has 1 fully saturated rings. The van der Waals surface area contributed by atoms with Crippen LogP contribution in [0.2, 0.25) is 0 Å². The predicted molar refractivity (Wildman–Crippen MR) is 84.7 cm³/mol. The molecule has 1 aliphatic rings. The standard InChI is InChI=1S/C15H24FN5O2/c1-15(2,10-21-4-6-23-7-5-21)9-20(3)14(22)19-13-12(16)8-17-11-18-13/h8,11H,4-7,9-10H2,1-3H3,(H,17,18,19,22). The number of carbonyl (C=O) groups is 1. The Labute approximate surface area is 135 Å². The highest BCUT2D eigenvalue weighted by Crippen LogP contribution is 2.20. The first-order valence-corrected chi connectivity index (χ1v) is 7.65. The molecule has 0 saturated carbocycles. The number of hydrogen-bond acceptors (Lipinski definition) is 5. The van der Waals surface area contributed by atoms with Gasteiger partial charge in [0, 0.05) is 33.2 Å². The van der Waals surface area contributed by atoms with Gasteiger partial charge in [0.2, 0.25) is 0 Å². The molecule has 2 amide bonds. The molecule has 8 heteroatoms. The van der Waals surface area contributed by atoms with E-state index in [0.717, 1.165) is 39.0 Å². The largest absolute Gasteiger partial charge is 0.379 e. The van der Waals surface area contributed by atoms with Crippen molar-refractivity contribution in [1.82, 2.24) is 19.8 Å². The summed E-state index contributed by atoms with van der Waals surface area (Å²) >= 11 is 0. The van der Waals surface area contributed by atoms with Crippen LogP contribution in [0.25, 0.3) is 0 Å². The Hall–Kier alpha value is -1.80. The highest BCUT2D eigenvalue weighted by Gasteiger charge is 2.26. The molecule has 1 aromatic rings. The molecule has 0 atom stereocenters. The van der Waals surface area contributed by atoms with E-state index in [1.54, 1.807) is 11.9 Å². The van der Waals surface area contributed by atoms with Crippen molar-refractivity contribution in [3.63, 3.8) is 0 Å². The van der Waals surface area contributed by atoms with Crippen LogP contribution >= 0.6 is 0 Å². The molecule has 0 spiro atoms. The van der Waals surface area contributed by atoms with Gasteiger partial charge in [-0.25, -0.2) is 19.2 Å². The van der Waals surface area contributed by atoms with E-state index in [2.05, 4.69) is 34.0 Å². The van der Waals surface area contributed by atoms with Crippen LogP contribution in [0.5, 0.6) is 0 Å². The summed E-state index contributed by atoms with van der Waals surface area (Å²) in [7, 11) is 1.69. The maximum absolute atomic E-state index is 13.5. The SMILES string of the molecule is CN(CC(C)(C)CN1CCOCC1)C(=O)Nc1ncncc1F. The van der Waals surface area contributed by atoms with E-state index in [-0.39, 0.29) is 11.2 Å². The molecule has 1 aliphatic heterocycles. The van der Waals surface area contributed by atoms with Gasteiger partial charge in [-0.15, -0.1) is 0 Å². The van der Waals surface area contributed by atoms with E-state index in [1.807, 2.05) is 0 Å². The van der Waals surface area contributed by atoms with Gasteiger partial charge in [-0.3, -0.25) is 10.2 Å². The Morgan fingerprint density at radius 2 is 2.17 bits per heavy atom. The van der Waals surface area contributed by atoms with Crippen LogP contribution in [0.15, 0.2) is 12.5 Å². The molecule has 0 aromatic carbocycles. The fourth-order valence-electron chi connectivity index (χ4n) is 2.73. The van der Waals surface area contributed by atoms with E-state index in [4.69, 9.17) is 4.74 Å². The first-order chi connectivity index (χ1) is 10.9. The number of morpholine rings is 1. The van der Waals surface area contributed by atoms with Crippen molar-refractivity contribution < 1.29 is 13.9 Å². The van der Waals surface area contributed by atoms with Crippen LogP contribution in [0.3, 0.4) is 0 Å². The Kier molecular flexibility index (Phi) is 5.84. The van der Waals surface area contributed by atoms with Crippen LogP contribution in [0.1, 0.15) is 13.8 Å². The molecule has 1 saturated heterocycles. The molecule has 7 nitrogen and oxygen atoms in total. The van der Waals surface area contributed by atoms with Gasteiger partial charge < -0.3 is 9.64 Å². The molecule has 23 heavy (non-hydrogen) atoms. The molecule has 2 heterocycles. The number of rotatable bonds is 5. The van der Waals surface area contributed by atoms with Crippen molar-refractivity contribution in [3.8, 4) is 0 Å². The van der Waals surface area contributed by atoms with Crippen LogP contribution in [0.4, 0.5) is 15.0 Å². The fraction of sp³-hybridized carbons (Fsp3) is 0.667. The molecule has 2 rings (SSSR count). The Balaban J connectivity index is 1.87. The average molecular weight is 325 g/mol. The van der Waals surface area contributed by atoms with Crippen LogP contribution in [-0.4, -0.2) is 72.2 Å². The van der Waals surface area contributed by atoms with Gasteiger partial charge in [-0.2, -0.15) is 0 Å². The zero-order chi connectivity index (χ0) is 16.9. The Bertz CT molecular complexity index is 534. The third-order valence-corrected chi connectivity index (χ3v) is 3.66. The minimum atomic E-state index is -0.651. The highest BCUT2D eigenvalue weighted by molar-refractivity contribution is 5.88. The van der Waals surface area contributed by atoms with Crippen LogP contribution in [-0.2, 0) is 4.74 Å². The second kappa shape index (κ2) is 7.65. The smallest absolute Gasteiger partial charge is 0.322 e. The van der Waals surface area contributed by atoms with E-state index < -0.39 is 11.8 Å². The first kappa shape index (κ1) is 17.6. The van der Waals surface area contributed by atoms with E-state index in [0.29, 0.717) is 6.54 Å². The first-order valence-electron chi connectivity index (χ1n) is 7.65. The lowest BCUT2D eigenvalue weighted by molar-refractivity contribution is 0.0182. The quantitative estimate of drug-likeness (QED) is 0.887. The number of hydrogen-bond donors (Lipinski definition) is 1. The summed E-state index contributed by atoms with van der Waals surface area (Å²) in [6.45, 7) is 8.95. The Morgan fingerprint density at radius 3 is 2.83 bits per heavy atom. The second-order valence-corrected chi connectivity index (χ2v) is 6.56. The summed E-state index contributed by atoms with van der Waals surface area (Å²) in [4.78, 5) is 23.3. The van der Waals surface area contributed by atoms with E-state index in [9.17, 15) is 9.18 Å². The number of urea groups is 1. The third kappa shape index (κ3) is 5.40. The fourth-order valence-corrected chi connectivity index (χ4v) is 2.73. The summed E-state index contributed by atoms with van der Waals surface area (Å²) in [6.07, 6.45) is 2.21. The third-order valence-electron chi connectivity index (χ3n) is 3.66. The molecule has 128 valence electrons. The highest BCUT2D eigenvalue weighted by atomic mass is 19.1. The van der Waals surface area contributed by atoms with E-state index in [1.165, 1.54) is 6.33 Å². The van der Waals surface area contributed by atoms with Gasteiger partial charge >= 0.3 is 6.03 Å². The molecule has 0 bridgehead atoms. The number of aromatic nitrogens is 2. The zero-order valence-electron chi connectivity index (χ0n) is 13.9. The number of amides is 2. The second-order valence-electron chi connectivity index (χ2n) is 6.56. The lowest BCUT2D eigenvalue weighted by atomic mass is 9.92. The summed E-state index contributed by atoms with van der Waals surface area (Å²) in [5.74, 6) is -0.760. The van der Waals surface area contributed by atoms with Crippen molar-refractivity contribution in [3.05, 3.63) is 18.3 Å². The topological polar surface area (TPSA) is 70.6 Å². The van der Waals surface area contributed by atoms with Gasteiger partial charge in [-0.05, 0) is 5.41 Å². The van der Waals surface area contributed by atoms with Gasteiger partial charge in [0.25, 0.3) is 0 Å². The van der Waals surface area contributed by atoms with Crippen LogP contribution in [0, 0.1) is 11.2 Å². The van der Waals surface area contributed by atoms with Crippen molar-refractivity contribution in [2.24, 2.45) is 5.41 Å². The number of nitrogens with one attached hydrogen (secondary N) is 1. The molecule has 0 aliphatic carbocycles. The number of anilines is 1. The lowest BCUT2D eigenvalue weighted by Crippen LogP contribution is -2.47.